The summed E-state index contributed by atoms with van der Waals surface area (Å²) in [6, 6.07) is 10.8. The average molecular weight is 275 g/mol. The van der Waals surface area contributed by atoms with Gasteiger partial charge in [-0.2, -0.15) is 0 Å². The van der Waals surface area contributed by atoms with Crippen molar-refractivity contribution in [3.8, 4) is 0 Å². The summed E-state index contributed by atoms with van der Waals surface area (Å²) in [7, 11) is 0. The summed E-state index contributed by atoms with van der Waals surface area (Å²) in [4.78, 5) is 2.55. The molecule has 2 fully saturated rings. The van der Waals surface area contributed by atoms with E-state index in [1.807, 2.05) is 0 Å². The van der Waals surface area contributed by atoms with E-state index >= 15 is 0 Å². The van der Waals surface area contributed by atoms with Crippen LogP contribution < -0.4 is 0 Å². The summed E-state index contributed by atoms with van der Waals surface area (Å²) in [5.74, 6) is 0.620. The van der Waals surface area contributed by atoms with Crippen molar-refractivity contribution < 1.29 is 9.47 Å². The second kappa shape index (κ2) is 6.25. The van der Waals surface area contributed by atoms with Gasteiger partial charge in [0.1, 0.15) is 5.60 Å². The van der Waals surface area contributed by atoms with E-state index in [2.05, 4.69) is 42.2 Å². The Hall–Kier alpha value is -0.900. The minimum atomic E-state index is -0.00572. The Morgan fingerprint density at radius 3 is 2.85 bits per heavy atom. The minimum absolute atomic E-state index is 0.00572. The van der Waals surface area contributed by atoms with Crippen molar-refractivity contribution in [2.75, 3.05) is 39.5 Å². The summed E-state index contributed by atoms with van der Waals surface area (Å²) in [5, 5.41) is 0. The van der Waals surface area contributed by atoms with Gasteiger partial charge in [0.15, 0.2) is 0 Å². The van der Waals surface area contributed by atoms with Crippen LogP contribution in [-0.4, -0.2) is 50.0 Å². The third kappa shape index (κ3) is 3.22. The van der Waals surface area contributed by atoms with E-state index in [1.54, 1.807) is 0 Å². The maximum Gasteiger partial charge on any atom is 0.106 e. The van der Waals surface area contributed by atoms with Crippen molar-refractivity contribution in [1.82, 2.24) is 4.90 Å². The van der Waals surface area contributed by atoms with Crippen molar-refractivity contribution in [3.05, 3.63) is 35.9 Å². The lowest BCUT2D eigenvalue weighted by atomic mass is 9.96. The zero-order valence-corrected chi connectivity index (χ0v) is 12.4. The molecule has 1 aromatic carbocycles. The lowest BCUT2D eigenvalue weighted by Crippen LogP contribution is -2.52. The molecule has 2 atom stereocenters. The van der Waals surface area contributed by atoms with Gasteiger partial charge in [-0.1, -0.05) is 37.3 Å². The van der Waals surface area contributed by atoms with E-state index in [9.17, 15) is 0 Å². The predicted molar refractivity (Wildman–Crippen MR) is 80.0 cm³/mol. The molecule has 0 N–H and O–H groups in total. The molecular weight excluding hydrogens is 250 g/mol. The van der Waals surface area contributed by atoms with Gasteiger partial charge in [-0.05, 0) is 24.4 Å². The zero-order valence-electron chi connectivity index (χ0n) is 12.4. The van der Waals surface area contributed by atoms with Gasteiger partial charge in [-0.15, -0.1) is 0 Å². The van der Waals surface area contributed by atoms with Crippen molar-refractivity contribution in [2.24, 2.45) is 0 Å². The van der Waals surface area contributed by atoms with Crippen LogP contribution in [0.25, 0.3) is 0 Å². The molecule has 0 amide bonds. The Morgan fingerprint density at radius 1 is 1.25 bits per heavy atom. The molecule has 2 heterocycles. The molecule has 2 saturated heterocycles. The Bertz CT molecular complexity index is 414. The van der Waals surface area contributed by atoms with E-state index in [0.717, 1.165) is 45.9 Å². The van der Waals surface area contributed by atoms with Crippen molar-refractivity contribution in [3.63, 3.8) is 0 Å². The molecule has 0 bridgehead atoms. The van der Waals surface area contributed by atoms with Gasteiger partial charge in [0.2, 0.25) is 0 Å². The Balaban J connectivity index is 1.51. The summed E-state index contributed by atoms with van der Waals surface area (Å²) < 4.78 is 11.5. The summed E-state index contributed by atoms with van der Waals surface area (Å²) in [6.45, 7) is 8.05. The molecule has 1 spiro atoms. The number of benzene rings is 1. The standard InChI is InChI=1S/C17H25NO2/c1-15(16-5-3-2-4-6-16)7-9-18-10-12-20-17(13-18)8-11-19-14-17/h2-6,15H,7-14H2,1H3/t15-,17+/m0/s1. The van der Waals surface area contributed by atoms with Crippen molar-refractivity contribution >= 4 is 0 Å². The van der Waals surface area contributed by atoms with Crippen molar-refractivity contribution in [1.29, 1.82) is 0 Å². The Labute approximate surface area is 121 Å². The molecule has 3 rings (SSSR count). The van der Waals surface area contributed by atoms with Crippen LogP contribution in [0.3, 0.4) is 0 Å². The Morgan fingerprint density at radius 2 is 2.10 bits per heavy atom. The fourth-order valence-electron chi connectivity index (χ4n) is 3.27. The van der Waals surface area contributed by atoms with Crippen LogP contribution in [0.15, 0.2) is 30.3 Å². The fourth-order valence-corrected chi connectivity index (χ4v) is 3.27. The highest BCUT2D eigenvalue weighted by atomic mass is 16.6. The smallest absolute Gasteiger partial charge is 0.106 e. The highest BCUT2D eigenvalue weighted by molar-refractivity contribution is 5.18. The molecular formula is C17H25NO2. The largest absolute Gasteiger partial charge is 0.378 e. The van der Waals surface area contributed by atoms with Gasteiger partial charge >= 0.3 is 0 Å². The highest BCUT2D eigenvalue weighted by Gasteiger charge is 2.40. The van der Waals surface area contributed by atoms with Gasteiger partial charge in [-0.3, -0.25) is 4.90 Å². The molecule has 2 aliphatic heterocycles. The number of ether oxygens (including phenoxy) is 2. The fraction of sp³-hybridized carbons (Fsp3) is 0.647. The van der Waals surface area contributed by atoms with Crippen LogP contribution in [0.1, 0.15) is 31.2 Å². The van der Waals surface area contributed by atoms with E-state index in [1.165, 1.54) is 12.0 Å². The first-order valence-electron chi connectivity index (χ1n) is 7.76. The minimum Gasteiger partial charge on any atom is -0.378 e. The highest BCUT2D eigenvalue weighted by Crippen LogP contribution is 2.28. The van der Waals surface area contributed by atoms with Crippen LogP contribution in [0, 0.1) is 0 Å². The second-order valence-electron chi connectivity index (χ2n) is 6.21. The molecule has 0 radical (unpaired) electrons. The van der Waals surface area contributed by atoms with E-state index in [-0.39, 0.29) is 5.60 Å². The third-order valence-corrected chi connectivity index (χ3v) is 4.64. The number of morpholine rings is 1. The molecule has 0 aromatic heterocycles. The third-order valence-electron chi connectivity index (χ3n) is 4.64. The first-order valence-corrected chi connectivity index (χ1v) is 7.76. The number of hydrogen-bond acceptors (Lipinski definition) is 3. The first-order chi connectivity index (χ1) is 9.77. The van der Waals surface area contributed by atoms with Crippen LogP contribution in [0.5, 0.6) is 0 Å². The molecule has 110 valence electrons. The molecule has 20 heavy (non-hydrogen) atoms. The molecule has 3 heteroatoms. The van der Waals surface area contributed by atoms with E-state index in [0.29, 0.717) is 5.92 Å². The molecule has 0 aliphatic carbocycles. The molecule has 0 unspecified atom stereocenters. The van der Waals surface area contributed by atoms with Crippen molar-refractivity contribution in [2.45, 2.75) is 31.3 Å². The van der Waals surface area contributed by atoms with Gasteiger partial charge in [0.25, 0.3) is 0 Å². The van der Waals surface area contributed by atoms with Gasteiger partial charge < -0.3 is 9.47 Å². The maximum atomic E-state index is 5.98. The van der Waals surface area contributed by atoms with Crippen LogP contribution >= 0.6 is 0 Å². The molecule has 3 nitrogen and oxygen atoms in total. The van der Waals surface area contributed by atoms with Gasteiger partial charge in [0.05, 0.1) is 13.2 Å². The number of rotatable bonds is 4. The molecule has 2 aliphatic rings. The monoisotopic (exact) mass is 275 g/mol. The predicted octanol–water partition coefficient (Wildman–Crippen LogP) is 2.67. The maximum absolute atomic E-state index is 5.98. The summed E-state index contributed by atoms with van der Waals surface area (Å²) in [6.07, 6.45) is 2.26. The lowest BCUT2D eigenvalue weighted by molar-refractivity contribution is -0.109. The van der Waals surface area contributed by atoms with E-state index < -0.39 is 0 Å². The average Bonchev–Trinajstić information content (AvgIpc) is 2.93. The zero-order chi connectivity index (χ0) is 13.8. The van der Waals surface area contributed by atoms with Crippen LogP contribution in [0.2, 0.25) is 0 Å². The number of hydrogen-bond donors (Lipinski definition) is 0. The summed E-state index contributed by atoms with van der Waals surface area (Å²) >= 11 is 0. The topological polar surface area (TPSA) is 21.7 Å². The first kappa shape index (κ1) is 14.1. The molecule has 1 aromatic rings. The van der Waals surface area contributed by atoms with Gasteiger partial charge in [0, 0.05) is 26.1 Å². The molecule has 0 saturated carbocycles. The second-order valence-corrected chi connectivity index (χ2v) is 6.21. The quantitative estimate of drug-likeness (QED) is 0.843. The van der Waals surface area contributed by atoms with E-state index in [4.69, 9.17) is 9.47 Å². The van der Waals surface area contributed by atoms with Gasteiger partial charge in [-0.25, -0.2) is 0 Å². The van der Waals surface area contributed by atoms with Crippen LogP contribution in [-0.2, 0) is 9.47 Å². The van der Waals surface area contributed by atoms with Crippen LogP contribution in [0.4, 0.5) is 0 Å². The number of nitrogens with zero attached hydrogens (tertiary/aromatic N) is 1. The summed E-state index contributed by atoms with van der Waals surface area (Å²) in [5.41, 5.74) is 1.44. The normalized spacial score (nSPS) is 28.9. The lowest BCUT2D eigenvalue weighted by Gasteiger charge is -2.39. The Kier molecular flexibility index (Phi) is 4.39. The SMILES string of the molecule is C[C@@H](CCN1CCO[C@]2(CCOC2)C1)c1ccccc1.